The molecule has 0 aromatic heterocycles. The molecule has 0 bridgehead atoms. The van der Waals surface area contributed by atoms with Crippen molar-refractivity contribution in [1.29, 1.82) is 0 Å². The topological polar surface area (TPSA) is 64.1 Å². The summed E-state index contributed by atoms with van der Waals surface area (Å²) in [7, 11) is 0. The van der Waals surface area contributed by atoms with Crippen LogP contribution in [-0.4, -0.2) is 26.2 Å². The molecule has 0 spiro atoms. The third-order valence-electron chi connectivity index (χ3n) is 1.71. The molecule has 0 unspecified atom stereocenters. The van der Waals surface area contributed by atoms with Gasteiger partial charge in [-0.2, -0.15) is 0 Å². The molecular formula is C10H27N3. The summed E-state index contributed by atoms with van der Waals surface area (Å²) in [5.41, 5.74) is 11.1. The van der Waals surface area contributed by atoms with Crippen LogP contribution in [0.5, 0.6) is 0 Å². The molecule has 0 rings (SSSR count). The third-order valence-corrected chi connectivity index (χ3v) is 1.71. The minimum Gasteiger partial charge on any atom is -0.330 e. The van der Waals surface area contributed by atoms with E-state index in [-0.39, 0.29) is 5.41 Å². The van der Waals surface area contributed by atoms with Crippen LogP contribution in [0, 0.1) is 5.41 Å². The van der Waals surface area contributed by atoms with Crippen LogP contribution < -0.4 is 16.8 Å². The van der Waals surface area contributed by atoms with Gasteiger partial charge in [0.15, 0.2) is 0 Å². The lowest BCUT2D eigenvalue weighted by Gasteiger charge is -2.22. The van der Waals surface area contributed by atoms with Gasteiger partial charge in [-0.1, -0.05) is 27.7 Å². The van der Waals surface area contributed by atoms with Crippen molar-refractivity contribution < 1.29 is 0 Å². The molecule has 5 N–H and O–H groups in total. The third kappa shape index (κ3) is 11.9. The van der Waals surface area contributed by atoms with E-state index in [9.17, 15) is 0 Å². The van der Waals surface area contributed by atoms with Crippen molar-refractivity contribution in [2.75, 3.05) is 26.2 Å². The van der Waals surface area contributed by atoms with Crippen LogP contribution in [0.1, 0.15) is 34.1 Å². The minimum absolute atomic E-state index is 0.217. The van der Waals surface area contributed by atoms with Gasteiger partial charge in [0.25, 0.3) is 0 Å². The molecular weight excluding hydrogens is 162 g/mol. The standard InChI is InChI=1S/C8H21N3.C2H6/c1-8(2,6-10)7-11-5-3-4-9;1-2/h11H,3-7,9-10H2,1-2H3;1-2H3. The summed E-state index contributed by atoms with van der Waals surface area (Å²) in [6, 6.07) is 0. The van der Waals surface area contributed by atoms with Crippen LogP contribution in [0.3, 0.4) is 0 Å². The molecule has 0 aromatic carbocycles. The van der Waals surface area contributed by atoms with Crippen LogP contribution in [-0.2, 0) is 0 Å². The Labute approximate surface area is 83.3 Å². The summed E-state index contributed by atoms with van der Waals surface area (Å²) in [6.45, 7) is 11.8. The highest BCUT2D eigenvalue weighted by molar-refractivity contribution is 4.71. The van der Waals surface area contributed by atoms with Crippen molar-refractivity contribution in [2.45, 2.75) is 34.1 Å². The lowest BCUT2D eigenvalue weighted by molar-refractivity contribution is 0.352. The average molecular weight is 189 g/mol. The van der Waals surface area contributed by atoms with Gasteiger partial charge in [0.2, 0.25) is 0 Å². The van der Waals surface area contributed by atoms with Crippen molar-refractivity contribution >= 4 is 0 Å². The quantitative estimate of drug-likeness (QED) is 0.545. The fourth-order valence-electron chi connectivity index (χ4n) is 0.726. The largest absolute Gasteiger partial charge is 0.330 e. The van der Waals surface area contributed by atoms with E-state index < -0.39 is 0 Å². The Hall–Kier alpha value is -0.120. The maximum absolute atomic E-state index is 5.56. The van der Waals surface area contributed by atoms with E-state index >= 15 is 0 Å². The van der Waals surface area contributed by atoms with E-state index in [4.69, 9.17) is 11.5 Å². The van der Waals surface area contributed by atoms with E-state index in [0.717, 1.165) is 32.6 Å². The minimum atomic E-state index is 0.217. The SMILES string of the molecule is CC.CC(C)(CN)CNCCCN. The lowest BCUT2D eigenvalue weighted by Crippen LogP contribution is -2.36. The van der Waals surface area contributed by atoms with Crippen LogP contribution in [0.2, 0.25) is 0 Å². The number of rotatable bonds is 6. The molecule has 0 aromatic rings. The fraction of sp³-hybridized carbons (Fsp3) is 1.00. The van der Waals surface area contributed by atoms with Crippen LogP contribution in [0.4, 0.5) is 0 Å². The van der Waals surface area contributed by atoms with Gasteiger partial charge >= 0.3 is 0 Å². The first kappa shape index (κ1) is 15.4. The van der Waals surface area contributed by atoms with Gasteiger partial charge in [-0.05, 0) is 31.5 Å². The van der Waals surface area contributed by atoms with E-state index in [0.29, 0.717) is 0 Å². The molecule has 0 atom stereocenters. The Bertz CT molecular complexity index is 92.2. The van der Waals surface area contributed by atoms with E-state index in [2.05, 4.69) is 19.2 Å². The number of hydrogen-bond donors (Lipinski definition) is 3. The Morgan fingerprint density at radius 3 is 2.08 bits per heavy atom. The molecule has 0 amide bonds. The average Bonchev–Trinajstić information content (AvgIpc) is 2.16. The first-order valence-electron chi connectivity index (χ1n) is 5.23. The first-order valence-corrected chi connectivity index (χ1v) is 5.23. The van der Waals surface area contributed by atoms with Gasteiger partial charge in [0, 0.05) is 6.54 Å². The molecule has 3 heteroatoms. The second kappa shape index (κ2) is 9.96. The molecule has 13 heavy (non-hydrogen) atoms. The monoisotopic (exact) mass is 189 g/mol. The summed E-state index contributed by atoms with van der Waals surface area (Å²) in [5, 5.41) is 3.32. The number of nitrogens with one attached hydrogen (secondary N) is 1. The smallest absolute Gasteiger partial charge is 0.00146 e. The van der Waals surface area contributed by atoms with Crippen LogP contribution >= 0.6 is 0 Å². The van der Waals surface area contributed by atoms with Gasteiger partial charge in [0.1, 0.15) is 0 Å². The Morgan fingerprint density at radius 1 is 1.15 bits per heavy atom. The van der Waals surface area contributed by atoms with Crippen LogP contribution in [0.25, 0.3) is 0 Å². The second-order valence-electron chi connectivity index (χ2n) is 3.69. The zero-order chi connectivity index (χ0) is 10.7. The zero-order valence-electron chi connectivity index (χ0n) is 9.69. The second-order valence-corrected chi connectivity index (χ2v) is 3.69. The Balaban J connectivity index is 0. The van der Waals surface area contributed by atoms with Gasteiger partial charge < -0.3 is 16.8 Å². The Morgan fingerprint density at radius 2 is 1.69 bits per heavy atom. The van der Waals surface area contributed by atoms with Gasteiger partial charge in [-0.25, -0.2) is 0 Å². The maximum atomic E-state index is 5.56. The van der Waals surface area contributed by atoms with Crippen molar-refractivity contribution in [2.24, 2.45) is 16.9 Å². The van der Waals surface area contributed by atoms with E-state index in [1.807, 2.05) is 13.8 Å². The molecule has 0 aliphatic heterocycles. The highest BCUT2D eigenvalue weighted by Gasteiger charge is 2.13. The molecule has 0 saturated heterocycles. The van der Waals surface area contributed by atoms with Gasteiger partial charge in [-0.15, -0.1) is 0 Å². The number of hydrogen-bond acceptors (Lipinski definition) is 3. The summed E-state index contributed by atoms with van der Waals surface area (Å²) in [4.78, 5) is 0. The summed E-state index contributed by atoms with van der Waals surface area (Å²) in [5.74, 6) is 0. The summed E-state index contributed by atoms with van der Waals surface area (Å²) >= 11 is 0. The molecule has 0 heterocycles. The first-order chi connectivity index (χ1) is 6.12. The van der Waals surface area contributed by atoms with Crippen molar-refractivity contribution in [3.63, 3.8) is 0 Å². The molecule has 0 radical (unpaired) electrons. The predicted octanol–water partition coefficient (Wildman–Crippen LogP) is 0.936. The molecule has 3 nitrogen and oxygen atoms in total. The maximum Gasteiger partial charge on any atom is 0.00146 e. The van der Waals surface area contributed by atoms with Crippen molar-refractivity contribution in [3.05, 3.63) is 0 Å². The molecule has 0 fully saturated rings. The van der Waals surface area contributed by atoms with Crippen molar-refractivity contribution in [3.8, 4) is 0 Å². The fourth-order valence-corrected chi connectivity index (χ4v) is 0.726. The highest BCUT2D eigenvalue weighted by Crippen LogP contribution is 2.09. The lowest BCUT2D eigenvalue weighted by atomic mass is 9.94. The zero-order valence-corrected chi connectivity index (χ0v) is 9.69. The highest BCUT2D eigenvalue weighted by atomic mass is 14.9. The van der Waals surface area contributed by atoms with E-state index in [1.165, 1.54) is 0 Å². The van der Waals surface area contributed by atoms with E-state index in [1.54, 1.807) is 0 Å². The molecule has 0 saturated carbocycles. The normalized spacial score (nSPS) is 10.6. The molecule has 0 aliphatic carbocycles. The Kier molecular flexibility index (Phi) is 11.8. The molecule has 0 aliphatic rings. The summed E-state index contributed by atoms with van der Waals surface area (Å²) in [6.07, 6.45) is 1.04. The van der Waals surface area contributed by atoms with Crippen molar-refractivity contribution in [1.82, 2.24) is 5.32 Å². The molecule has 82 valence electrons. The van der Waals surface area contributed by atoms with Gasteiger partial charge in [-0.3, -0.25) is 0 Å². The summed E-state index contributed by atoms with van der Waals surface area (Å²) < 4.78 is 0. The van der Waals surface area contributed by atoms with Crippen LogP contribution in [0.15, 0.2) is 0 Å². The number of nitrogens with two attached hydrogens (primary N) is 2. The predicted molar refractivity (Wildman–Crippen MR) is 60.7 cm³/mol. The van der Waals surface area contributed by atoms with Gasteiger partial charge in [0.05, 0.1) is 0 Å².